The highest BCUT2D eigenvalue weighted by Crippen LogP contribution is 2.15. The minimum Gasteiger partial charge on any atom is -0.117 e. The third-order valence-electron chi connectivity index (χ3n) is 1.27. The van der Waals surface area contributed by atoms with Crippen molar-refractivity contribution in [2.45, 2.75) is 0 Å². The van der Waals surface area contributed by atoms with Gasteiger partial charge in [0.15, 0.2) is 0 Å². The first-order valence-corrected chi connectivity index (χ1v) is 5.50. The van der Waals surface area contributed by atoms with Crippen molar-refractivity contribution < 1.29 is 0 Å². The summed E-state index contributed by atoms with van der Waals surface area (Å²) >= 11 is 10.1. The molecule has 11 heavy (non-hydrogen) atoms. The Morgan fingerprint density at radius 1 is 1.36 bits per heavy atom. The lowest BCUT2D eigenvalue weighted by molar-refractivity contribution is 1.63. The second-order valence-corrected chi connectivity index (χ2v) is 4.40. The van der Waals surface area contributed by atoms with Crippen molar-refractivity contribution in [2.75, 3.05) is 6.26 Å². The smallest absolute Gasteiger partial charge is 0.0775 e. The molecular weight excluding hydrogens is 240 g/mol. The summed E-state index contributed by atoms with van der Waals surface area (Å²) in [7, 11) is 0. The molecule has 0 fully saturated rings. The van der Waals surface area contributed by atoms with Gasteiger partial charge in [-0.25, -0.2) is 0 Å². The summed E-state index contributed by atoms with van der Waals surface area (Å²) in [5, 5.41) is 0. The molecule has 0 unspecified atom stereocenters. The highest BCUT2D eigenvalue weighted by atomic mass is 79.9. The molecule has 3 heteroatoms. The fraction of sp³-hybridized carbons (Fsp3) is 0.125. The van der Waals surface area contributed by atoms with Gasteiger partial charge >= 0.3 is 0 Å². The lowest BCUT2D eigenvalue weighted by atomic mass is 10.2. The number of thioether (sulfide) groups is 1. The van der Waals surface area contributed by atoms with Gasteiger partial charge < -0.3 is 0 Å². The van der Waals surface area contributed by atoms with Crippen LogP contribution in [0.3, 0.4) is 0 Å². The van der Waals surface area contributed by atoms with Gasteiger partial charge in [-0.15, -0.1) is 11.8 Å². The zero-order chi connectivity index (χ0) is 8.27. The van der Waals surface area contributed by atoms with Gasteiger partial charge in [0.05, 0.1) is 4.20 Å². The van der Waals surface area contributed by atoms with Gasteiger partial charge in [0.2, 0.25) is 0 Å². The molecule has 0 spiro atoms. The molecule has 0 bridgehead atoms. The minimum atomic E-state index is 0.942. The number of thiocarbonyl (C=S) groups is 1. The van der Waals surface area contributed by atoms with E-state index in [0.29, 0.717) is 0 Å². The first kappa shape index (κ1) is 9.23. The highest BCUT2D eigenvalue weighted by molar-refractivity contribution is 9.10. The van der Waals surface area contributed by atoms with Crippen molar-refractivity contribution in [3.05, 3.63) is 34.3 Å². The summed E-state index contributed by atoms with van der Waals surface area (Å²) in [6.45, 7) is 0. The Morgan fingerprint density at radius 3 is 2.36 bits per heavy atom. The predicted octanol–water partition coefficient (Wildman–Crippen LogP) is 3.49. The average Bonchev–Trinajstić information content (AvgIpc) is 2.05. The van der Waals surface area contributed by atoms with Gasteiger partial charge in [0.1, 0.15) is 0 Å². The van der Waals surface area contributed by atoms with E-state index in [0.717, 1.165) is 14.2 Å². The quantitative estimate of drug-likeness (QED) is 0.697. The van der Waals surface area contributed by atoms with Crippen LogP contribution in [0.25, 0.3) is 0 Å². The van der Waals surface area contributed by atoms with Gasteiger partial charge in [-0.05, 0) is 24.0 Å². The number of rotatable bonds is 1. The summed E-state index contributed by atoms with van der Waals surface area (Å²) in [6.07, 6.45) is 1.99. The molecule has 58 valence electrons. The van der Waals surface area contributed by atoms with Crippen LogP contribution in [-0.2, 0) is 0 Å². The maximum Gasteiger partial charge on any atom is 0.0775 e. The van der Waals surface area contributed by atoms with Crippen LogP contribution in [0.1, 0.15) is 5.56 Å². The molecule has 0 heterocycles. The predicted molar refractivity (Wildman–Crippen MR) is 59.4 cm³/mol. The molecule has 0 aromatic heterocycles. The van der Waals surface area contributed by atoms with Crippen LogP contribution in [0.15, 0.2) is 28.7 Å². The summed E-state index contributed by atoms with van der Waals surface area (Å²) in [4.78, 5) is 0. The summed E-state index contributed by atoms with van der Waals surface area (Å²) in [5.41, 5.74) is 1.12. The molecule has 0 aliphatic carbocycles. The van der Waals surface area contributed by atoms with Gasteiger partial charge in [-0.1, -0.05) is 40.3 Å². The Hall–Kier alpha value is 0.140. The normalized spacial score (nSPS) is 9.64. The Balaban J connectivity index is 2.90. The van der Waals surface area contributed by atoms with Crippen molar-refractivity contribution in [3.8, 4) is 0 Å². The molecule has 1 aromatic rings. The second-order valence-electron chi connectivity index (χ2n) is 2.00. The van der Waals surface area contributed by atoms with Crippen molar-refractivity contribution in [1.29, 1.82) is 0 Å². The molecule has 0 atom stereocenters. The zero-order valence-corrected chi connectivity index (χ0v) is 9.22. The van der Waals surface area contributed by atoms with Crippen molar-refractivity contribution in [1.82, 2.24) is 0 Å². The van der Waals surface area contributed by atoms with E-state index in [1.165, 1.54) is 0 Å². The molecule has 0 nitrogen and oxygen atoms in total. The van der Waals surface area contributed by atoms with Crippen LogP contribution < -0.4 is 0 Å². The highest BCUT2D eigenvalue weighted by Gasteiger charge is 1.96. The SMILES string of the molecule is CSC(=S)c1ccc(Br)cc1. The van der Waals surface area contributed by atoms with E-state index < -0.39 is 0 Å². The van der Waals surface area contributed by atoms with Gasteiger partial charge in [0, 0.05) is 4.47 Å². The summed E-state index contributed by atoms with van der Waals surface area (Å²) in [6, 6.07) is 8.03. The van der Waals surface area contributed by atoms with Crippen LogP contribution in [0, 0.1) is 0 Å². The largest absolute Gasteiger partial charge is 0.117 e. The van der Waals surface area contributed by atoms with Crippen LogP contribution in [0.5, 0.6) is 0 Å². The molecule has 1 aromatic carbocycles. The van der Waals surface area contributed by atoms with Gasteiger partial charge in [-0.2, -0.15) is 0 Å². The molecular formula is C8H7BrS2. The van der Waals surface area contributed by atoms with E-state index in [2.05, 4.69) is 15.9 Å². The average molecular weight is 247 g/mol. The first-order valence-electron chi connectivity index (χ1n) is 3.08. The van der Waals surface area contributed by atoms with Crippen LogP contribution in [0.2, 0.25) is 0 Å². The lowest BCUT2D eigenvalue weighted by Crippen LogP contribution is -1.88. The minimum absolute atomic E-state index is 0.942. The van der Waals surface area contributed by atoms with E-state index in [1.807, 2.05) is 30.5 Å². The zero-order valence-electron chi connectivity index (χ0n) is 6.00. The Bertz CT molecular complexity index is 253. The third kappa shape index (κ3) is 2.58. The van der Waals surface area contributed by atoms with E-state index >= 15 is 0 Å². The van der Waals surface area contributed by atoms with Gasteiger partial charge in [0.25, 0.3) is 0 Å². The maximum absolute atomic E-state index is 5.11. The van der Waals surface area contributed by atoms with Crippen molar-refractivity contribution in [3.63, 3.8) is 0 Å². The lowest BCUT2D eigenvalue weighted by Gasteiger charge is -1.98. The van der Waals surface area contributed by atoms with Gasteiger partial charge in [-0.3, -0.25) is 0 Å². The molecule has 0 saturated heterocycles. The molecule has 0 aliphatic heterocycles. The van der Waals surface area contributed by atoms with E-state index in [-0.39, 0.29) is 0 Å². The monoisotopic (exact) mass is 246 g/mol. The Morgan fingerprint density at radius 2 is 1.91 bits per heavy atom. The van der Waals surface area contributed by atoms with E-state index in [4.69, 9.17) is 12.2 Å². The van der Waals surface area contributed by atoms with Crippen LogP contribution in [-0.4, -0.2) is 10.5 Å². The molecule has 0 radical (unpaired) electrons. The van der Waals surface area contributed by atoms with Crippen molar-refractivity contribution in [2.24, 2.45) is 0 Å². The standard InChI is InChI=1S/C8H7BrS2/c1-11-8(10)6-2-4-7(9)5-3-6/h2-5H,1H3. The van der Waals surface area contributed by atoms with Crippen LogP contribution >= 0.6 is 39.9 Å². The number of hydrogen-bond donors (Lipinski definition) is 0. The van der Waals surface area contributed by atoms with E-state index in [1.54, 1.807) is 11.8 Å². The maximum atomic E-state index is 5.11. The fourth-order valence-electron chi connectivity index (χ4n) is 0.704. The van der Waals surface area contributed by atoms with Crippen molar-refractivity contribution >= 4 is 44.1 Å². The number of halogens is 1. The topological polar surface area (TPSA) is 0 Å². The molecule has 0 amide bonds. The molecule has 0 saturated carbocycles. The summed E-state index contributed by atoms with van der Waals surface area (Å²) < 4.78 is 2.03. The molecule has 1 rings (SSSR count). The molecule has 0 aliphatic rings. The number of hydrogen-bond acceptors (Lipinski definition) is 2. The van der Waals surface area contributed by atoms with E-state index in [9.17, 15) is 0 Å². The summed E-state index contributed by atoms with van der Waals surface area (Å²) in [5.74, 6) is 0. The number of benzene rings is 1. The Kier molecular flexibility index (Phi) is 3.55. The molecule has 0 N–H and O–H groups in total. The third-order valence-corrected chi connectivity index (χ3v) is 3.14. The first-order chi connectivity index (χ1) is 5.24. The fourth-order valence-corrected chi connectivity index (χ4v) is 1.48. The second kappa shape index (κ2) is 4.24. The van der Waals surface area contributed by atoms with Crippen LogP contribution in [0.4, 0.5) is 0 Å². The Labute approximate surface area is 84.5 Å².